The quantitative estimate of drug-likeness (QED) is 0.586. The van der Waals surface area contributed by atoms with Gasteiger partial charge in [-0.05, 0) is 37.3 Å². The summed E-state index contributed by atoms with van der Waals surface area (Å²) in [5.41, 5.74) is 2.14. The molecule has 2 amide bonds. The first-order valence-electron chi connectivity index (χ1n) is 10.6. The van der Waals surface area contributed by atoms with E-state index < -0.39 is 23.8 Å². The lowest BCUT2D eigenvalue weighted by molar-refractivity contribution is -0.116. The van der Waals surface area contributed by atoms with Crippen LogP contribution in [0.5, 0.6) is 0 Å². The first-order valence-corrected chi connectivity index (χ1v) is 10.6. The van der Waals surface area contributed by atoms with E-state index in [0.717, 1.165) is 11.6 Å². The molecule has 0 bridgehead atoms. The number of amides is 2. The number of aryl methyl sites for hydroxylation is 1. The Morgan fingerprint density at radius 1 is 1.06 bits per heavy atom. The number of carbonyl (C=O) groups is 2. The van der Waals surface area contributed by atoms with E-state index in [1.54, 1.807) is 54.7 Å². The number of pyridine rings is 1. The van der Waals surface area contributed by atoms with Gasteiger partial charge in [0.2, 0.25) is 5.91 Å². The maximum absolute atomic E-state index is 15.2. The molecule has 1 aliphatic rings. The summed E-state index contributed by atoms with van der Waals surface area (Å²) in [4.78, 5) is 31.2. The molecule has 0 fully saturated rings. The number of hydrogen-bond donors (Lipinski definition) is 1. The van der Waals surface area contributed by atoms with Crippen molar-refractivity contribution in [2.75, 3.05) is 11.4 Å². The summed E-state index contributed by atoms with van der Waals surface area (Å²) in [5, 5.41) is 2.61. The van der Waals surface area contributed by atoms with Crippen molar-refractivity contribution in [3.05, 3.63) is 101 Å². The largest absolute Gasteiger partial charge is 0.347 e. The van der Waals surface area contributed by atoms with Gasteiger partial charge in [0.1, 0.15) is 0 Å². The van der Waals surface area contributed by atoms with Crippen LogP contribution < -0.4 is 10.2 Å². The van der Waals surface area contributed by atoms with Crippen LogP contribution in [0.15, 0.2) is 79.0 Å². The number of benzene rings is 2. The van der Waals surface area contributed by atoms with Crippen LogP contribution in [0.3, 0.4) is 0 Å². The zero-order valence-electron chi connectivity index (χ0n) is 18.1. The predicted octanol–water partition coefficient (Wildman–Crippen LogP) is 4.78. The maximum atomic E-state index is 15.2. The minimum atomic E-state index is -3.29. The monoisotopic (exact) mass is 447 g/mol. The topological polar surface area (TPSA) is 62.3 Å². The lowest BCUT2D eigenvalue weighted by Crippen LogP contribution is -2.33. The fraction of sp³-hybridized carbons (Fsp3) is 0.192. The number of allylic oxidation sites excluding steroid dienone is 1. The second-order valence-corrected chi connectivity index (χ2v) is 7.89. The zero-order valence-corrected chi connectivity index (χ0v) is 18.1. The number of aromatic nitrogens is 1. The van der Waals surface area contributed by atoms with Gasteiger partial charge in [-0.1, -0.05) is 42.0 Å². The van der Waals surface area contributed by atoms with Crippen molar-refractivity contribution < 1.29 is 18.4 Å². The molecule has 0 aliphatic carbocycles. The van der Waals surface area contributed by atoms with Gasteiger partial charge < -0.3 is 10.2 Å². The number of nitrogens with zero attached hydrogens (tertiary/aromatic N) is 2. The van der Waals surface area contributed by atoms with E-state index in [-0.39, 0.29) is 24.6 Å². The van der Waals surface area contributed by atoms with Crippen LogP contribution in [0.1, 0.15) is 33.6 Å². The number of fused-ring (bicyclic) bond motifs is 1. The highest BCUT2D eigenvalue weighted by Gasteiger charge is 2.41. The number of alkyl halides is 2. The van der Waals surface area contributed by atoms with E-state index in [4.69, 9.17) is 0 Å². The second kappa shape index (κ2) is 9.32. The fourth-order valence-corrected chi connectivity index (χ4v) is 3.75. The Labute approximate surface area is 190 Å². The molecular formula is C26H23F2N3O2. The van der Waals surface area contributed by atoms with Crippen molar-refractivity contribution in [2.45, 2.75) is 25.8 Å². The second-order valence-electron chi connectivity index (χ2n) is 7.89. The predicted molar refractivity (Wildman–Crippen MR) is 123 cm³/mol. The van der Waals surface area contributed by atoms with Gasteiger partial charge in [0.05, 0.1) is 17.9 Å². The smallest absolute Gasteiger partial charge is 0.275 e. The Morgan fingerprint density at radius 2 is 1.79 bits per heavy atom. The molecule has 1 N–H and O–H groups in total. The van der Waals surface area contributed by atoms with Crippen LogP contribution in [-0.2, 0) is 11.3 Å². The van der Waals surface area contributed by atoms with Crippen molar-refractivity contribution in [1.82, 2.24) is 10.3 Å². The Hall–Kier alpha value is -3.87. The molecule has 0 spiro atoms. The van der Waals surface area contributed by atoms with E-state index in [2.05, 4.69) is 10.3 Å². The number of hydrogen-bond acceptors (Lipinski definition) is 3. The highest BCUT2D eigenvalue weighted by atomic mass is 19.3. The summed E-state index contributed by atoms with van der Waals surface area (Å²) < 4.78 is 30.4. The van der Waals surface area contributed by atoms with Gasteiger partial charge >= 0.3 is 0 Å². The first kappa shape index (κ1) is 22.3. The third-order valence-electron chi connectivity index (χ3n) is 5.52. The molecule has 168 valence electrons. The van der Waals surface area contributed by atoms with Crippen molar-refractivity contribution in [3.8, 4) is 0 Å². The summed E-state index contributed by atoms with van der Waals surface area (Å²) >= 11 is 0. The molecular weight excluding hydrogens is 424 g/mol. The lowest BCUT2D eigenvalue weighted by Gasteiger charge is -2.22. The summed E-state index contributed by atoms with van der Waals surface area (Å²) in [6.45, 7) is 1.85. The number of halogens is 2. The van der Waals surface area contributed by atoms with Crippen LogP contribution in [0.4, 0.5) is 14.5 Å². The van der Waals surface area contributed by atoms with Crippen LogP contribution in [-0.4, -0.2) is 29.3 Å². The Balaban J connectivity index is 1.67. The molecule has 1 aliphatic heterocycles. The number of nitrogens with one attached hydrogen (secondary N) is 1. The standard InChI is InChI=1S/C26H23F2N3O2/c1-18-9-11-19(12-10-18)25(33)31-15-13-26(27,28)22(21-7-2-3-8-23(21)31)16-24(32)30-17-20-6-4-5-14-29-20/h2-12,14,16H,13,15,17H2,1H3,(H,30,32)/b22-16-. The molecule has 2 heterocycles. The van der Waals surface area contributed by atoms with Crippen molar-refractivity contribution in [2.24, 2.45) is 0 Å². The van der Waals surface area contributed by atoms with E-state index in [9.17, 15) is 9.59 Å². The maximum Gasteiger partial charge on any atom is 0.275 e. The Bertz CT molecular complexity index is 1190. The van der Waals surface area contributed by atoms with E-state index in [1.807, 2.05) is 19.1 Å². The highest BCUT2D eigenvalue weighted by molar-refractivity contribution is 6.09. The number of para-hydroxylation sites is 1. The number of carbonyl (C=O) groups excluding carboxylic acids is 2. The summed E-state index contributed by atoms with van der Waals surface area (Å²) in [7, 11) is 0. The van der Waals surface area contributed by atoms with E-state index in [1.165, 1.54) is 11.0 Å². The molecule has 0 radical (unpaired) electrons. The third-order valence-corrected chi connectivity index (χ3v) is 5.52. The average molecular weight is 447 g/mol. The molecule has 7 heteroatoms. The first-order chi connectivity index (χ1) is 15.8. The van der Waals surface area contributed by atoms with Gasteiger partial charge in [0, 0.05) is 41.9 Å². The SMILES string of the molecule is Cc1ccc(C(=O)N2CCC(F)(F)/C(=C\C(=O)NCc3ccccn3)c3ccccc32)cc1. The van der Waals surface area contributed by atoms with Crippen LogP contribution in [0.25, 0.3) is 5.57 Å². The average Bonchev–Trinajstić information content (AvgIpc) is 2.93. The van der Waals surface area contributed by atoms with Gasteiger partial charge in [-0.15, -0.1) is 0 Å². The van der Waals surface area contributed by atoms with Crippen LogP contribution in [0, 0.1) is 6.92 Å². The third kappa shape index (κ3) is 4.98. The number of anilines is 1. The molecule has 2 aromatic carbocycles. The summed E-state index contributed by atoms with van der Waals surface area (Å²) in [6.07, 6.45) is 1.93. The minimum absolute atomic E-state index is 0.120. The van der Waals surface area contributed by atoms with Crippen LogP contribution in [0.2, 0.25) is 0 Å². The van der Waals surface area contributed by atoms with Gasteiger partial charge in [0.25, 0.3) is 11.8 Å². The molecule has 5 nitrogen and oxygen atoms in total. The lowest BCUT2D eigenvalue weighted by atomic mass is 9.97. The van der Waals surface area contributed by atoms with Crippen molar-refractivity contribution in [1.29, 1.82) is 0 Å². The molecule has 1 aromatic heterocycles. The highest BCUT2D eigenvalue weighted by Crippen LogP contribution is 2.43. The molecule has 33 heavy (non-hydrogen) atoms. The van der Waals surface area contributed by atoms with Gasteiger partial charge in [-0.2, -0.15) is 0 Å². The summed E-state index contributed by atoms with van der Waals surface area (Å²) in [5.74, 6) is -4.30. The minimum Gasteiger partial charge on any atom is -0.347 e. The molecule has 4 rings (SSSR count). The van der Waals surface area contributed by atoms with Gasteiger partial charge in [0.15, 0.2) is 0 Å². The Kier molecular flexibility index (Phi) is 6.31. The van der Waals surface area contributed by atoms with Gasteiger partial charge in [-0.25, -0.2) is 8.78 Å². The molecule has 0 saturated heterocycles. The van der Waals surface area contributed by atoms with Gasteiger partial charge in [-0.3, -0.25) is 14.6 Å². The molecule has 0 unspecified atom stereocenters. The van der Waals surface area contributed by atoms with E-state index in [0.29, 0.717) is 16.9 Å². The number of rotatable bonds is 4. The van der Waals surface area contributed by atoms with E-state index >= 15 is 8.78 Å². The normalized spacial score (nSPS) is 16.1. The molecule has 3 aromatic rings. The molecule has 0 saturated carbocycles. The van der Waals surface area contributed by atoms with Crippen molar-refractivity contribution in [3.63, 3.8) is 0 Å². The Morgan fingerprint density at radius 3 is 2.52 bits per heavy atom. The fourth-order valence-electron chi connectivity index (χ4n) is 3.75. The van der Waals surface area contributed by atoms with Crippen molar-refractivity contribution >= 4 is 23.1 Å². The van der Waals surface area contributed by atoms with Crippen LogP contribution >= 0.6 is 0 Å². The zero-order chi connectivity index (χ0) is 23.4. The summed E-state index contributed by atoms with van der Waals surface area (Å²) in [6, 6.07) is 18.7. The molecule has 0 atom stereocenters.